The van der Waals surface area contributed by atoms with Crippen LogP contribution in [0.2, 0.25) is 0 Å². The molecule has 0 aliphatic heterocycles. The van der Waals surface area contributed by atoms with Crippen molar-refractivity contribution in [3.05, 3.63) is 50.7 Å². The van der Waals surface area contributed by atoms with Gasteiger partial charge in [0.15, 0.2) is 5.90 Å². The number of ether oxygens (including phenoxy) is 2. The summed E-state index contributed by atoms with van der Waals surface area (Å²) < 4.78 is 49.6. The number of nitrogens with zero attached hydrogens (tertiary/aromatic N) is 3. The van der Waals surface area contributed by atoms with Crippen LogP contribution in [-0.4, -0.2) is 21.4 Å². The van der Waals surface area contributed by atoms with E-state index in [-0.39, 0.29) is 28.9 Å². The number of unbranched alkanes of at least 4 members (excludes halogenated alkanes) is 2. The van der Waals surface area contributed by atoms with Gasteiger partial charge in [-0.25, -0.2) is 4.79 Å². The first kappa shape index (κ1) is 25.2. The molecule has 7 nitrogen and oxygen atoms in total. The van der Waals surface area contributed by atoms with E-state index in [0.717, 1.165) is 25.0 Å². The third kappa shape index (κ3) is 6.48. The van der Waals surface area contributed by atoms with Crippen molar-refractivity contribution in [2.45, 2.75) is 59.9 Å². The SMILES string of the molecule is CCCCCn1c(=O)c(C)c(/N=C(/Oc2cccc(OC(F)(F)F)c2)C(C)C)n(C)c1=O. The van der Waals surface area contributed by atoms with E-state index in [4.69, 9.17) is 4.74 Å². The number of hydrogen-bond donors (Lipinski definition) is 0. The molecule has 0 radical (unpaired) electrons. The van der Waals surface area contributed by atoms with Crippen LogP contribution in [-0.2, 0) is 13.6 Å². The predicted molar refractivity (Wildman–Crippen MR) is 116 cm³/mol. The summed E-state index contributed by atoms with van der Waals surface area (Å²) in [6, 6.07) is 5.05. The number of benzene rings is 1. The van der Waals surface area contributed by atoms with Gasteiger partial charge in [-0.3, -0.25) is 13.9 Å². The molecule has 176 valence electrons. The number of aliphatic imine (C=N–C) groups is 1. The Labute approximate surface area is 184 Å². The molecule has 0 unspecified atom stereocenters. The van der Waals surface area contributed by atoms with Crippen LogP contribution in [0.15, 0.2) is 38.8 Å². The predicted octanol–water partition coefficient (Wildman–Crippen LogP) is 4.71. The standard InChI is InChI=1S/C22H28F3N3O4/c1-6-7-8-12-28-20(29)15(4)18(27(5)21(28)30)26-19(14(2)3)31-16-10-9-11-17(13-16)32-22(23,24)25/h9-11,13-14H,6-8,12H2,1-5H3/b26-19+. The fourth-order valence-electron chi connectivity index (χ4n) is 3.01. The maximum Gasteiger partial charge on any atom is 0.573 e. The lowest BCUT2D eigenvalue weighted by Crippen LogP contribution is -2.40. The smallest absolute Gasteiger partial charge is 0.443 e. The van der Waals surface area contributed by atoms with Crippen molar-refractivity contribution in [2.75, 3.05) is 0 Å². The fraction of sp³-hybridized carbons (Fsp3) is 0.500. The summed E-state index contributed by atoms with van der Waals surface area (Å²) in [4.78, 5) is 29.9. The van der Waals surface area contributed by atoms with Gasteiger partial charge in [0.2, 0.25) is 0 Å². The van der Waals surface area contributed by atoms with Crippen LogP contribution < -0.4 is 20.7 Å². The van der Waals surface area contributed by atoms with Gasteiger partial charge in [-0.1, -0.05) is 39.7 Å². The van der Waals surface area contributed by atoms with Gasteiger partial charge >= 0.3 is 12.1 Å². The molecule has 0 saturated carbocycles. The van der Waals surface area contributed by atoms with Crippen LogP contribution in [0.1, 0.15) is 45.6 Å². The van der Waals surface area contributed by atoms with Crippen molar-refractivity contribution in [3.63, 3.8) is 0 Å². The molecule has 1 heterocycles. The van der Waals surface area contributed by atoms with Gasteiger partial charge in [-0.15, -0.1) is 13.2 Å². The summed E-state index contributed by atoms with van der Waals surface area (Å²) in [5.41, 5.74) is -0.634. The van der Waals surface area contributed by atoms with E-state index in [0.29, 0.717) is 13.0 Å². The molecule has 0 saturated heterocycles. The second kappa shape index (κ2) is 10.5. The average Bonchev–Trinajstić information content (AvgIpc) is 2.70. The first-order valence-corrected chi connectivity index (χ1v) is 10.4. The number of hydrogen-bond acceptors (Lipinski definition) is 5. The zero-order valence-corrected chi connectivity index (χ0v) is 18.8. The number of rotatable bonds is 8. The summed E-state index contributed by atoms with van der Waals surface area (Å²) >= 11 is 0. The summed E-state index contributed by atoms with van der Waals surface area (Å²) in [6.45, 7) is 7.47. The van der Waals surface area contributed by atoms with Crippen LogP contribution in [0.25, 0.3) is 0 Å². The molecule has 2 aromatic rings. The molecule has 1 aromatic carbocycles. The van der Waals surface area contributed by atoms with Gasteiger partial charge in [0.1, 0.15) is 17.3 Å². The second-order valence-corrected chi connectivity index (χ2v) is 7.68. The van der Waals surface area contributed by atoms with Crippen LogP contribution in [0.4, 0.5) is 19.0 Å². The van der Waals surface area contributed by atoms with Gasteiger partial charge in [0.25, 0.3) is 5.56 Å². The lowest BCUT2D eigenvalue weighted by Gasteiger charge is -2.16. The molecule has 0 spiro atoms. The third-order valence-electron chi connectivity index (χ3n) is 4.69. The molecular weight excluding hydrogens is 427 g/mol. The Balaban J connectivity index is 2.44. The van der Waals surface area contributed by atoms with E-state index >= 15 is 0 Å². The van der Waals surface area contributed by atoms with Crippen molar-refractivity contribution in [2.24, 2.45) is 18.0 Å². The maximum atomic E-state index is 12.8. The normalized spacial score (nSPS) is 12.3. The average molecular weight is 455 g/mol. The van der Waals surface area contributed by atoms with Crippen LogP contribution in [0.3, 0.4) is 0 Å². The monoisotopic (exact) mass is 455 g/mol. The van der Waals surface area contributed by atoms with Gasteiger partial charge in [-0.2, -0.15) is 4.99 Å². The largest absolute Gasteiger partial charge is 0.573 e. The Morgan fingerprint density at radius 2 is 1.81 bits per heavy atom. The van der Waals surface area contributed by atoms with Crippen molar-refractivity contribution in [1.82, 2.24) is 9.13 Å². The minimum absolute atomic E-state index is 0.0785. The highest BCUT2D eigenvalue weighted by molar-refractivity contribution is 5.83. The summed E-state index contributed by atoms with van der Waals surface area (Å²) in [5, 5.41) is 0. The van der Waals surface area contributed by atoms with Gasteiger partial charge < -0.3 is 9.47 Å². The topological polar surface area (TPSA) is 74.8 Å². The number of halogens is 3. The summed E-state index contributed by atoms with van der Waals surface area (Å²) in [5.74, 6) is -0.372. The van der Waals surface area contributed by atoms with E-state index in [1.54, 1.807) is 20.8 Å². The minimum atomic E-state index is -4.83. The highest BCUT2D eigenvalue weighted by atomic mass is 19.4. The van der Waals surface area contributed by atoms with Crippen LogP contribution in [0.5, 0.6) is 11.5 Å². The van der Waals surface area contributed by atoms with Crippen molar-refractivity contribution in [3.8, 4) is 11.5 Å². The summed E-state index contributed by atoms with van der Waals surface area (Å²) in [7, 11) is 1.51. The Morgan fingerprint density at radius 3 is 2.41 bits per heavy atom. The molecule has 32 heavy (non-hydrogen) atoms. The Kier molecular flexibility index (Phi) is 8.29. The zero-order valence-electron chi connectivity index (χ0n) is 18.8. The van der Waals surface area contributed by atoms with Crippen molar-refractivity contribution >= 4 is 11.7 Å². The van der Waals surface area contributed by atoms with E-state index in [1.165, 1.54) is 28.3 Å². The molecule has 0 fully saturated rings. The minimum Gasteiger partial charge on any atom is -0.443 e. The lowest BCUT2D eigenvalue weighted by atomic mass is 10.2. The van der Waals surface area contributed by atoms with E-state index in [9.17, 15) is 22.8 Å². The molecular formula is C22H28F3N3O4. The third-order valence-corrected chi connectivity index (χ3v) is 4.69. The van der Waals surface area contributed by atoms with Gasteiger partial charge in [0.05, 0.1) is 5.56 Å². The van der Waals surface area contributed by atoms with E-state index in [2.05, 4.69) is 9.73 Å². The van der Waals surface area contributed by atoms with Gasteiger partial charge in [0, 0.05) is 25.6 Å². The molecule has 2 rings (SSSR count). The Bertz CT molecular complexity index is 1050. The first-order valence-electron chi connectivity index (χ1n) is 10.4. The lowest BCUT2D eigenvalue weighted by molar-refractivity contribution is -0.274. The van der Waals surface area contributed by atoms with E-state index < -0.39 is 23.4 Å². The molecule has 0 amide bonds. The fourth-order valence-corrected chi connectivity index (χ4v) is 3.01. The number of alkyl halides is 3. The molecule has 1 aromatic heterocycles. The first-order chi connectivity index (χ1) is 14.9. The maximum absolute atomic E-state index is 12.8. The molecule has 0 bridgehead atoms. The second-order valence-electron chi connectivity index (χ2n) is 7.68. The Morgan fingerprint density at radius 1 is 1.16 bits per heavy atom. The quantitative estimate of drug-likeness (QED) is 0.328. The Hall–Kier alpha value is -3.04. The molecule has 0 aliphatic rings. The zero-order chi connectivity index (χ0) is 24.1. The molecule has 0 atom stereocenters. The molecule has 10 heteroatoms. The number of aromatic nitrogens is 2. The summed E-state index contributed by atoms with van der Waals surface area (Å²) in [6.07, 6.45) is -2.26. The molecule has 0 aliphatic carbocycles. The van der Waals surface area contributed by atoms with Gasteiger partial charge in [-0.05, 0) is 25.5 Å². The van der Waals surface area contributed by atoms with Crippen LogP contribution >= 0.6 is 0 Å². The van der Waals surface area contributed by atoms with Crippen molar-refractivity contribution < 1.29 is 22.6 Å². The van der Waals surface area contributed by atoms with Crippen LogP contribution in [0, 0.1) is 12.8 Å². The van der Waals surface area contributed by atoms with E-state index in [1.807, 2.05) is 6.92 Å². The molecule has 0 N–H and O–H groups in total. The highest BCUT2D eigenvalue weighted by Gasteiger charge is 2.31. The highest BCUT2D eigenvalue weighted by Crippen LogP contribution is 2.27. The van der Waals surface area contributed by atoms with Crippen molar-refractivity contribution in [1.29, 1.82) is 0 Å².